The van der Waals surface area contributed by atoms with Crippen LogP contribution in [0.1, 0.15) is 154 Å². The van der Waals surface area contributed by atoms with Crippen LogP contribution in [0, 0.1) is 24.7 Å². The molecule has 87 heavy (non-hydrogen) atoms. The molecule has 0 saturated heterocycles. The van der Waals surface area contributed by atoms with Gasteiger partial charge in [0.15, 0.2) is 0 Å². The molecule has 0 spiro atoms. The van der Waals surface area contributed by atoms with Crippen LogP contribution in [0.2, 0.25) is 15.1 Å². The number of amides is 3. The van der Waals surface area contributed by atoms with Gasteiger partial charge < -0.3 is 29.7 Å². The van der Waals surface area contributed by atoms with E-state index in [0.717, 1.165) is 74.3 Å². The molecule has 0 aliphatic heterocycles. The fraction of sp³-hybridized carbons (Fsp3) is 0.333. The van der Waals surface area contributed by atoms with Crippen molar-refractivity contribution >= 4 is 52.5 Å². The number of halogens is 3. The molecule has 3 N–H and O–H groups in total. The predicted molar refractivity (Wildman–Crippen MR) is 351 cm³/mol. The molecule has 3 aromatic heterocycles. The smallest absolute Gasteiger partial charge is 0.251 e. The molecule has 3 amide bonds. The first kappa shape index (κ1) is 60.9. The molecule has 3 heterocycles. The average molecular weight is 1220 g/mol. The lowest BCUT2D eigenvalue weighted by Crippen LogP contribution is -2.45. The third-order valence-electron chi connectivity index (χ3n) is 17.5. The number of imidazole rings is 3. The molecule has 15 heteroatoms. The second kappa shape index (κ2) is 25.1. The van der Waals surface area contributed by atoms with Crippen LogP contribution in [-0.2, 0) is 6.42 Å². The number of nitrogens with one attached hydrogen (secondary N) is 3. The summed E-state index contributed by atoms with van der Waals surface area (Å²) < 4.78 is 6.16. The molecule has 4 aliphatic carbocycles. The second-order valence-electron chi connectivity index (χ2n) is 25.5. The Labute approximate surface area is 526 Å². The number of aryl methyl sites for hydroxylation is 2. The van der Waals surface area contributed by atoms with Gasteiger partial charge in [0.1, 0.15) is 17.5 Å². The van der Waals surface area contributed by atoms with Crippen molar-refractivity contribution in [2.24, 2.45) is 17.8 Å². The van der Waals surface area contributed by atoms with Gasteiger partial charge in [0.25, 0.3) is 17.7 Å². The molecule has 0 atom stereocenters. The molecule has 448 valence electrons. The van der Waals surface area contributed by atoms with Gasteiger partial charge in [-0.25, -0.2) is 15.0 Å². The van der Waals surface area contributed by atoms with E-state index in [4.69, 9.17) is 34.8 Å². The standard InChI is InChI=1S/C25H26ClN3O.C24H26ClN3O.C23H24ClN3O/c1-25(2,20-7-8-20)28-24(30)19-13-18(16-5-9-21(26)10-6-16)14-22(15-19)29-12-11-27-23(29)17-3-4-17;1-4-22-26-11-12-28(22)21-14-17(16-5-9-20(25)10-6-16)13-18(15-21)23(29)27-24(2,3)19-7-8-19;1-15-25-10-11-27(15)21-13-17(16-4-8-20(24)9-5-16)12-18(14-21)22(28)26-23(2,3)19-6-7-19/h5-6,9-15,17,20H,3-4,7-8H2,1-2H3,(H,28,30);5-6,9-15,19H,4,7-8H2,1-3H3,(H,27,29);4-5,8-14,19H,6-7H2,1-3H3,(H,26,28). The van der Waals surface area contributed by atoms with E-state index in [-0.39, 0.29) is 34.3 Å². The van der Waals surface area contributed by atoms with E-state index in [2.05, 4.69) is 102 Å². The van der Waals surface area contributed by atoms with Crippen molar-refractivity contribution in [1.82, 2.24) is 44.6 Å². The minimum Gasteiger partial charge on any atom is -0.347 e. The highest BCUT2D eigenvalue weighted by molar-refractivity contribution is 6.31. The van der Waals surface area contributed by atoms with Crippen molar-refractivity contribution in [2.75, 3.05) is 0 Å². The summed E-state index contributed by atoms with van der Waals surface area (Å²) in [5, 5.41) is 11.8. The molecule has 4 saturated carbocycles. The third-order valence-corrected chi connectivity index (χ3v) is 18.2. The van der Waals surface area contributed by atoms with Gasteiger partial charge in [-0.3, -0.25) is 14.4 Å². The molecule has 9 aromatic rings. The van der Waals surface area contributed by atoms with Crippen molar-refractivity contribution in [1.29, 1.82) is 0 Å². The van der Waals surface area contributed by atoms with Crippen LogP contribution in [-0.4, -0.2) is 63.0 Å². The summed E-state index contributed by atoms with van der Waals surface area (Å²) in [6, 6.07) is 41.1. The summed E-state index contributed by atoms with van der Waals surface area (Å²) in [5.41, 5.74) is 10.2. The highest BCUT2D eigenvalue weighted by Crippen LogP contribution is 2.43. The van der Waals surface area contributed by atoms with Crippen molar-refractivity contribution in [3.05, 3.63) is 214 Å². The molecule has 0 unspecified atom stereocenters. The maximum absolute atomic E-state index is 13.2. The van der Waals surface area contributed by atoms with Crippen LogP contribution in [0.4, 0.5) is 0 Å². The molecular weight excluding hydrogens is 1150 g/mol. The summed E-state index contributed by atoms with van der Waals surface area (Å²) in [4.78, 5) is 52.8. The maximum Gasteiger partial charge on any atom is 0.251 e. The van der Waals surface area contributed by atoms with Crippen LogP contribution < -0.4 is 16.0 Å². The van der Waals surface area contributed by atoms with E-state index < -0.39 is 0 Å². The van der Waals surface area contributed by atoms with Gasteiger partial charge in [-0.2, -0.15) is 0 Å². The first-order chi connectivity index (χ1) is 41.6. The van der Waals surface area contributed by atoms with Crippen LogP contribution in [0.15, 0.2) is 165 Å². The molecule has 12 nitrogen and oxygen atoms in total. The van der Waals surface area contributed by atoms with Crippen molar-refractivity contribution in [2.45, 2.75) is 136 Å². The third kappa shape index (κ3) is 14.8. The number of carbonyl (C=O) groups is 3. The van der Waals surface area contributed by atoms with Crippen molar-refractivity contribution in [3.63, 3.8) is 0 Å². The monoisotopic (exact) mass is 1220 g/mol. The zero-order valence-electron chi connectivity index (χ0n) is 50.8. The van der Waals surface area contributed by atoms with Gasteiger partial charge in [0.2, 0.25) is 0 Å². The molecule has 0 bridgehead atoms. The summed E-state index contributed by atoms with van der Waals surface area (Å²) in [6.45, 7) is 16.7. The first-order valence-corrected chi connectivity index (χ1v) is 31.5. The highest BCUT2D eigenvalue weighted by Gasteiger charge is 2.41. The van der Waals surface area contributed by atoms with E-state index in [1.807, 2.05) is 150 Å². The number of benzene rings is 6. The lowest BCUT2D eigenvalue weighted by molar-refractivity contribution is 0.0894. The first-order valence-electron chi connectivity index (χ1n) is 30.4. The van der Waals surface area contributed by atoms with Crippen molar-refractivity contribution in [3.8, 4) is 50.4 Å². The molecule has 6 aromatic carbocycles. The number of rotatable bonds is 17. The Hall–Kier alpha value is -7.77. The van der Waals surface area contributed by atoms with Gasteiger partial charge in [-0.1, -0.05) is 78.1 Å². The van der Waals surface area contributed by atoms with E-state index in [1.165, 1.54) is 51.4 Å². The van der Waals surface area contributed by atoms with Crippen LogP contribution >= 0.6 is 34.8 Å². The molecule has 4 aliphatic rings. The molecule has 4 fully saturated rings. The van der Waals surface area contributed by atoms with E-state index in [0.29, 0.717) is 55.4 Å². The summed E-state index contributed by atoms with van der Waals surface area (Å²) in [7, 11) is 0. The maximum atomic E-state index is 13.2. The highest BCUT2D eigenvalue weighted by atomic mass is 35.5. The SMILES string of the molecule is CC(C)(NC(=O)c1cc(-c2ccc(Cl)cc2)cc(-n2ccnc2C2CC2)c1)C1CC1.CCc1nccn1-c1cc(C(=O)NC(C)(C)C2CC2)cc(-c2ccc(Cl)cc2)c1.Cc1nccn1-c1cc(C(=O)NC(C)(C)C2CC2)cc(-c2ccc(Cl)cc2)c1. The van der Waals surface area contributed by atoms with Gasteiger partial charge in [-0.15, -0.1) is 0 Å². The Morgan fingerprint density at radius 2 is 0.770 bits per heavy atom. The molecule has 13 rings (SSSR count). The Balaban J connectivity index is 0.000000135. The largest absolute Gasteiger partial charge is 0.347 e. The zero-order chi connectivity index (χ0) is 61.4. The lowest BCUT2D eigenvalue weighted by atomic mass is 9.97. The van der Waals surface area contributed by atoms with E-state index in [9.17, 15) is 14.4 Å². The summed E-state index contributed by atoms with van der Waals surface area (Å²) >= 11 is 18.2. The van der Waals surface area contributed by atoms with Gasteiger partial charge >= 0.3 is 0 Å². The van der Waals surface area contributed by atoms with Crippen LogP contribution in [0.5, 0.6) is 0 Å². The number of nitrogens with zero attached hydrogens (tertiary/aromatic N) is 6. The second-order valence-corrected chi connectivity index (χ2v) is 26.8. The Bertz CT molecular complexity index is 3960. The average Bonchev–Trinajstić information content (AvgIpc) is 2.64. The fourth-order valence-electron chi connectivity index (χ4n) is 11.5. The predicted octanol–water partition coefficient (Wildman–Crippen LogP) is 17.1. The summed E-state index contributed by atoms with van der Waals surface area (Å²) in [5.74, 6) is 4.99. The Morgan fingerprint density at radius 1 is 0.437 bits per heavy atom. The van der Waals surface area contributed by atoms with Crippen molar-refractivity contribution < 1.29 is 14.4 Å². The number of hydrogen-bond acceptors (Lipinski definition) is 6. The Morgan fingerprint density at radius 3 is 1.11 bits per heavy atom. The lowest BCUT2D eigenvalue weighted by Gasteiger charge is -2.26. The van der Waals surface area contributed by atoms with Gasteiger partial charge in [0, 0.05) is 115 Å². The molecular formula is C72H76Cl3N9O3. The number of aromatic nitrogens is 6. The number of carbonyl (C=O) groups excluding carboxylic acids is 3. The fourth-order valence-corrected chi connectivity index (χ4v) is 11.9. The van der Waals surface area contributed by atoms with Gasteiger partial charge in [-0.05, 0) is 242 Å². The quantitative estimate of drug-likeness (QED) is 0.0829. The zero-order valence-corrected chi connectivity index (χ0v) is 53.1. The minimum atomic E-state index is -0.197. The topological polar surface area (TPSA) is 141 Å². The minimum absolute atomic E-state index is 0.0305. The Kier molecular flexibility index (Phi) is 17.6. The van der Waals surface area contributed by atoms with E-state index >= 15 is 0 Å². The van der Waals surface area contributed by atoms with E-state index in [1.54, 1.807) is 12.4 Å². The van der Waals surface area contributed by atoms with Gasteiger partial charge in [0.05, 0.1) is 0 Å². The van der Waals surface area contributed by atoms with Crippen LogP contribution in [0.3, 0.4) is 0 Å². The number of hydrogen-bond donors (Lipinski definition) is 3. The molecule has 0 radical (unpaired) electrons. The summed E-state index contributed by atoms with van der Waals surface area (Å²) in [6.07, 6.45) is 21.5. The van der Waals surface area contributed by atoms with Crippen LogP contribution in [0.25, 0.3) is 50.4 Å². The normalized spacial score (nSPS) is 14.9.